The van der Waals surface area contributed by atoms with E-state index >= 15 is 0 Å². The summed E-state index contributed by atoms with van der Waals surface area (Å²) in [6.45, 7) is 4.01. The maximum absolute atomic E-state index is 13.0. The molecule has 1 atom stereocenters. The minimum Gasteiger partial charge on any atom is -0.398 e. The lowest BCUT2D eigenvalue weighted by molar-refractivity contribution is 0.0926. The molecule has 110 valence electrons. The van der Waals surface area contributed by atoms with Gasteiger partial charge in [0.2, 0.25) is 0 Å². The summed E-state index contributed by atoms with van der Waals surface area (Å²) < 4.78 is 13.0. The van der Waals surface area contributed by atoms with E-state index in [9.17, 15) is 9.18 Å². The number of nitrogen functional groups attached to an aromatic ring is 1. The van der Waals surface area contributed by atoms with Crippen LogP contribution in [0.15, 0.2) is 48.5 Å². The van der Waals surface area contributed by atoms with Crippen LogP contribution in [0.1, 0.15) is 35.8 Å². The van der Waals surface area contributed by atoms with E-state index in [4.69, 9.17) is 5.73 Å². The Morgan fingerprint density at radius 3 is 2.29 bits per heavy atom. The number of carbonyl (C=O) groups is 1. The average molecular weight is 286 g/mol. The summed E-state index contributed by atoms with van der Waals surface area (Å²) in [5.74, 6) is -0.347. The zero-order valence-electron chi connectivity index (χ0n) is 12.1. The molecule has 0 radical (unpaired) electrons. The molecule has 0 aromatic heterocycles. The smallest absolute Gasteiger partial charge is 0.253 e. The molecule has 2 aromatic rings. The van der Waals surface area contributed by atoms with Crippen molar-refractivity contribution in [3.63, 3.8) is 0 Å². The standard InChI is InChI=1S/C17H19FN2O/c1-11(2)16(12-7-9-13(18)10-8-12)20-17(21)14-5-3-4-6-15(14)19/h3-11,16H,19H2,1-2H3,(H,20,21). The molecule has 3 nitrogen and oxygen atoms in total. The van der Waals surface area contributed by atoms with E-state index in [-0.39, 0.29) is 23.7 Å². The van der Waals surface area contributed by atoms with Gasteiger partial charge in [-0.05, 0) is 35.7 Å². The molecule has 0 aliphatic heterocycles. The largest absolute Gasteiger partial charge is 0.398 e. The van der Waals surface area contributed by atoms with Crippen LogP contribution in [0.5, 0.6) is 0 Å². The SMILES string of the molecule is CC(C)C(NC(=O)c1ccccc1N)c1ccc(F)cc1. The van der Waals surface area contributed by atoms with Crippen molar-refractivity contribution >= 4 is 11.6 Å². The molecule has 1 amide bonds. The molecule has 3 N–H and O–H groups in total. The van der Waals surface area contributed by atoms with Gasteiger partial charge >= 0.3 is 0 Å². The van der Waals surface area contributed by atoms with Crippen molar-refractivity contribution in [1.29, 1.82) is 0 Å². The molecule has 4 heteroatoms. The molecule has 21 heavy (non-hydrogen) atoms. The minimum absolute atomic E-state index is 0.171. The number of nitrogens with one attached hydrogen (secondary N) is 1. The second kappa shape index (κ2) is 6.39. The lowest BCUT2D eigenvalue weighted by Gasteiger charge is -2.23. The zero-order valence-corrected chi connectivity index (χ0v) is 12.1. The summed E-state index contributed by atoms with van der Waals surface area (Å²) in [5, 5.41) is 2.97. The molecule has 0 bridgehead atoms. The topological polar surface area (TPSA) is 55.1 Å². The van der Waals surface area contributed by atoms with Crippen molar-refractivity contribution in [3.05, 3.63) is 65.5 Å². The average Bonchev–Trinajstić information content (AvgIpc) is 2.46. The van der Waals surface area contributed by atoms with Crippen molar-refractivity contribution in [3.8, 4) is 0 Å². The van der Waals surface area contributed by atoms with Gasteiger partial charge in [-0.25, -0.2) is 4.39 Å². The van der Waals surface area contributed by atoms with E-state index in [1.165, 1.54) is 12.1 Å². The van der Waals surface area contributed by atoms with E-state index in [1.54, 1.807) is 36.4 Å². The highest BCUT2D eigenvalue weighted by atomic mass is 19.1. The number of benzene rings is 2. The number of para-hydroxylation sites is 1. The van der Waals surface area contributed by atoms with Crippen molar-refractivity contribution < 1.29 is 9.18 Å². The summed E-state index contributed by atoms with van der Waals surface area (Å²) in [6, 6.07) is 12.9. The zero-order chi connectivity index (χ0) is 15.4. The number of halogens is 1. The highest BCUT2D eigenvalue weighted by molar-refractivity contribution is 5.99. The van der Waals surface area contributed by atoms with Crippen LogP contribution in [0.3, 0.4) is 0 Å². The molecule has 0 heterocycles. The Balaban J connectivity index is 2.23. The first kappa shape index (κ1) is 15.0. The van der Waals surface area contributed by atoms with Crippen molar-refractivity contribution in [2.24, 2.45) is 5.92 Å². The maximum Gasteiger partial charge on any atom is 0.253 e. The Kier molecular flexibility index (Phi) is 4.58. The van der Waals surface area contributed by atoms with Gasteiger partial charge < -0.3 is 11.1 Å². The van der Waals surface area contributed by atoms with Crippen LogP contribution < -0.4 is 11.1 Å². The summed E-state index contributed by atoms with van der Waals surface area (Å²) in [4.78, 5) is 12.4. The number of hydrogen-bond donors (Lipinski definition) is 2. The normalized spacial score (nSPS) is 12.2. The highest BCUT2D eigenvalue weighted by Crippen LogP contribution is 2.23. The first-order valence-electron chi connectivity index (χ1n) is 6.90. The number of hydrogen-bond acceptors (Lipinski definition) is 2. The van der Waals surface area contributed by atoms with Gasteiger partial charge in [-0.2, -0.15) is 0 Å². The highest BCUT2D eigenvalue weighted by Gasteiger charge is 2.20. The van der Waals surface area contributed by atoms with Crippen molar-refractivity contribution in [1.82, 2.24) is 5.32 Å². The second-order valence-electron chi connectivity index (χ2n) is 5.33. The number of carbonyl (C=O) groups excluding carboxylic acids is 1. The molecule has 2 aromatic carbocycles. The predicted octanol–water partition coefficient (Wildman–Crippen LogP) is 3.54. The van der Waals surface area contributed by atoms with E-state index in [1.807, 2.05) is 13.8 Å². The van der Waals surface area contributed by atoms with Gasteiger partial charge in [0.05, 0.1) is 11.6 Å². The number of anilines is 1. The molecule has 0 spiro atoms. The van der Waals surface area contributed by atoms with Crippen molar-refractivity contribution in [2.75, 3.05) is 5.73 Å². The van der Waals surface area contributed by atoms with Crippen LogP contribution in [-0.2, 0) is 0 Å². The van der Waals surface area contributed by atoms with Gasteiger partial charge in [0.1, 0.15) is 5.82 Å². The monoisotopic (exact) mass is 286 g/mol. The first-order chi connectivity index (χ1) is 9.99. The van der Waals surface area contributed by atoms with Crippen LogP contribution in [0.4, 0.5) is 10.1 Å². The fraction of sp³-hybridized carbons (Fsp3) is 0.235. The van der Waals surface area contributed by atoms with Crippen LogP contribution >= 0.6 is 0 Å². The molecule has 0 fully saturated rings. The molecule has 1 unspecified atom stereocenters. The molecule has 0 saturated heterocycles. The Morgan fingerprint density at radius 2 is 1.71 bits per heavy atom. The van der Waals surface area contributed by atoms with Crippen LogP contribution in [0, 0.1) is 11.7 Å². The molecular formula is C17H19FN2O. The van der Waals surface area contributed by atoms with Gasteiger partial charge in [0, 0.05) is 5.69 Å². The molecule has 2 rings (SSSR count). The van der Waals surface area contributed by atoms with Crippen molar-refractivity contribution in [2.45, 2.75) is 19.9 Å². The van der Waals surface area contributed by atoms with Gasteiger partial charge in [-0.3, -0.25) is 4.79 Å². The Bertz CT molecular complexity index is 623. The fourth-order valence-electron chi connectivity index (χ4n) is 2.23. The third-order valence-electron chi connectivity index (χ3n) is 3.39. The molecular weight excluding hydrogens is 267 g/mol. The second-order valence-corrected chi connectivity index (χ2v) is 5.33. The van der Waals surface area contributed by atoms with Gasteiger partial charge in [-0.1, -0.05) is 38.1 Å². The predicted molar refractivity (Wildman–Crippen MR) is 82.3 cm³/mol. The summed E-state index contributed by atoms with van der Waals surface area (Å²) in [6.07, 6.45) is 0. The molecule has 0 aliphatic rings. The summed E-state index contributed by atoms with van der Waals surface area (Å²) in [7, 11) is 0. The number of rotatable bonds is 4. The van der Waals surface area contributed by atoms with Gasteiger partial charge in [-0.15, -0.1) is 0 Å². The number of amides is 1. The number of nitrogens with two attached hydrogens (primary N) is 1. The third kappa shape index (κ3) is 3.60. The Morgan fingerprint density at radius 1 is 1.10 bits per heavy atom. The quantitative estimate of drug-likeness (QED) is 0.845. The lowest BCUT2D eigenvalue weighted by Crippen LogP contribution is -2.32. The van der Waals surface area contributed by atoms with E-state index in [0.29, 0.717) is 11.3 Å². The first-order valence-corrected chi connectivity index (χ1v) is 6.90. The van der Waals surface area contributed by atoms with Crippen LogP contribution in [-0.4, -0.2) is 5.91 Å². The molecule has 0 saturated carbocycles. The maximum atomic E-state index is 13.0. The van der Waals surface area contributed by atoms with Gasteiger partial charge in [0.25, 0.3) is 5.91 Å². The van der Waals surface area contributed by atoms with E-state index in [0.717, 1.165) is 5.56 Å². The van der Waals surface area contributed by atoms with Crippen LogP contribution in [0.25, 0.3) is 0 Å². The van der Waals surface area contributed by atoms with E-state index < -0.39 is 0 Å². The minimum atomic E-state index is -0.292. The Labute approximate surface area is 124 Å². The molecule has 0 aliphatic carbocycles. The fourth-order valence-corrected chi connectivity index (χ4v) is 2.23. The Hall–Kier alpha value is -2.36. The summed E-state index contributed by atoms with van der Waals surface area (Å²) in [5.41, 5.74) is 7.58. The van der Waals surface area contributed by atoms with Gasteiger partial charge in [0.15, 0.2) is 0 Å². The van der Waals surface area contributed by atoms with E-state index in [2.05, 4.69) is 5.32 Å². The summed E-state index contributed by atoms with van der Waals surface area (Å²) >= 11 is 0. The lowest BCUT2D eigenvalue weighted by atomic mass is 9.95. The third-order valence-corrected chi connectivity index (χ3v) is 3.39. The van der Waals surface area contributed by atoms with Crippen LogP contribution in [0.2, 0.25) is 0 Å².